The SMILES string of the molecule is COc1ccc(C(C)NC(=NCC(=O)N(C)C)NCCSc2ccccc2)cc1F.I. The number of nitrogens with one attached hydrogen (secondary N) is 2. The number of rotatable bonds is 9. The van der Waals surface area contributed by atoms with Crippen LogP contribution in [-0.2, 0) is 4.79 Å². The lowest BCUT2D eigenvalue weighted by Crippen LogP contribution is -2.40. The Morgan fingerprint density at radius 3 is 2.55 bits per heavy atom. The van der Waals surface area contributed by atoms with E-state index in [1.807, 2.05) is 25.1 Å². The molecule has 0 radical (unpaired) electrons. The number of hydrogen-bond acceptors (Lipinski definition) is 4. The predicted molar refractivity (Wildman–Crippen MR) is 136 cm³/mol. The van der Waals surface area contributed by atoms with Crippen LogP contribution in [0.5, 0.6) is 5.75 Å². The first-order valence-corrected chi connectivity index (χ1v) is 10.7. The lowest BCUT2D eigenvalue weighted by molar-refractivity contribution is -0.127. The first kappa shape index (κ1) is 27.0. The quantitative estimate of drug-likeness (QED) is 0.160. The first-order chi connectivity index (χ1) is 14.4. The average Bonchev–Trinajstić information content (AvgIpc) is 2.74. The molecule has 0 bridgehead atoms. The highest BCUT2D eigenvalue weighted by Crippen LogP contribution is 2.21. The second-order valence-corrected chi connectivity index (χ2v) is 7.97. The number of halogens is 2. The van der Waals surface area contributed by atoms with E-state index in [9.17, 15) is 9.18 Å². The summed E-state index contributed by atoms with van der Waals surface area (Å²) in [4.78, 5) is 19.0. The van der Waals surface area contributed by atoms with Gasteiger partial charge in [0.2, 0.25) is 5.91 Å². The summed E-state index contributed by atoms with van der Waals surface area (Å²) in [6, 6.07) is 14.7. The van der Waals surface area contributed by atoms with Gasteiger partial charge in [-0.2, -0.15) is 0 Å². The Bertz CT molecular complexity index is 853. The van der Waals surface area contributed by atoms with Crippen molar-refractivity contribution in [2.24, 2.45) is 4.99 Å². The van der Waals surface area contributed by atoms with Gasteiger partial charge in [0.15, 0.2) is 17.5 Å². The van der Waals surface area contributed by atoms with Crippen LogP contribution in [-0.4, -0.2) is 56.8 Å². The van der Waals surface area contributed by atoms with Crippen molar-refractivity contribution in [2.45, 2.75) is 17.9 Å². The second-order valence-electron chi connectivity index (χ2n) is 6.80. The smallest absolute Gasteiger partial charge is 0.243 e. The molecule has 0 aromatic heterocycles. The van der Waals surface area contributed by atoms with Crippen LogP contribution in [0.15, 0.2) is 58.4 Å². The number of hydrogen-bond donors (Lipinski definition) is 2. The van der Waals surface area contributed by atoms with Crippen LogP contribution in [0.4, 0.5) is 4.39 Å². The molecule has 1 unspecified atom stereocenters. The van der Waals surface area contributed by atoms with Crippen LogP contribution >= 0.6 is 35.7 Å². The van der Waals surface area contributed by atoms with Gasteiger partial charge in [0.05, 0.1) is 13.2 Å². The van der Waals surface area contributed by atoms with Crippen molar-refractivity contribution in [1.82, 2.24) is 15.5 Å². The van der Waals surface area contributed by atoms with Gasteiger partial charge in [0.1, 0.15) is 6.54 Å². The van der Waals surface area contributed by atoms with Crippen LogP contribution in [0.3, 0.4) is 0 Å². The number of benzene rings is 2. The topological polar surface area (TPSA) is 66.0 Å². The van der Waals surface area contributed by atoms with Gasteiger partial charge in [-0.1, -0.05) is 24.3 Å². The zero-order chi connectivity index (χ0) is 21.9. The molecule has 2 N–H and O–H groups in total. The van der Waals surface area contributed by atoms with Crippen molar-refractivity contribution in [3.63, 3.8) is 0 Å². The highest BCUT2D eigenvalue weighted by molar-refractivity contribution is 14.0. The van der Waals surface area contributed by atoms with E-state index in [1.165, 1.54) is 23.0 Å². The molecule has 6 nitrogen and oxygen atoms in total. The molecule has 0 saturated carbocycles. The van der Waals surface area contributed by atoms with Gasteiger partial charge in [-0.15, -0.1) is 35.7 Å². The number of likely N-dealkylation sites (N-methyl/N-ethyl adjacent to an activating group) is 1. The lowest BCUT2D eigenvalue weighted by Gasteiger charge is -2.19. The Hall–Kier alpha value is -2.01. The Morgan fingerprint density at radius 1 is 1.23 bits per heavy atom. The molecule has 0 aliphatic rings. The van der Waals surface area contributed by atoms with E-state index < -0.39 is 5.82 Å². The minimum Gasteiger partial charge on any atom is -0.494 e. The molecule has 9 heteroatoms. The molecule has 0 aliphatic carbocycles. The van der Waals surface area contributed by atoms with Crippen molar-refractivity contribution in [1.29, 1.82) is 0 Å². The van der Waals surface area contributed by atoms with Crippen LogP contribution in [0.1, 0.15) is 18.5 Å². The van der Waals surface area contributed by atoms with E-state index >= 15 is 0 Å². The average molecular weight is 560 g/mol. The minimum atomic E-state index is -0.419. The third kappa shape index (κ3) is 9.34. The Kier molecular flexibility index (Phi) is 12.3. The zero-order valence-electron chi connectivity index (χ0n) is 18.2. The van der Waals surface area contributed by atoms with Crippen molar-refractivity contribution >= 4 is 47.6 Å². The third-order valence-electron chi connectivity index (χ3n) is 4.31. The molecular weight excluding hydrogens is 530 g/mol. The van der Waals surface area contributed by atoms with E-state index in [-0.39, 0.29) is 48.2 Å². The molecule has 2 rings (SSSR count). The summed E-state index contributed by atoms with van der Waals surface area (Å²) in [5.74, 6) is 1.02. The van der Waals surface area contributed by atoms with Gasteiger partial charge in [-0.05, 0) is 36.8 Å². The van der Waals surface area contributed by atoms with Crippen molar-refractivity contribution < 1.29 is 13.9 Å². The molecule has 31 heavy (non-hydrogen) atoms. The summed E-state index contributed by atoms with van der Waals surface area (Å²) in [7, 11) is 4.82. The molecule has 1 atom stereocenters. The fourth-order valence-corrected chi connectivity index (χ4v) is 3.33. The summed E-state index contributed by atoms with van der Waals surface area (Å²) in [5.41, 5.74) is 0.750. The Balaban J connectivity index is 0.00000480. The predicted octanol–water partition coefficient (Wildman–Crippen LogP) is 3.93. The number of carbonyl (C=O) groups excluding carboxylic acids is 1. The highest BCUT2D eigenvalue weighted by atomic mass is 127. The molecule has 0 saturated heterocycles. The van der Waals surface area contributed by atoms with E-state index in [4.69, 9.17) is 4.74 Å². The summed E-state index contributed by atoms with van der Waals surface area (Å²) < 4.78 is 19.0. The molecule has 170 valence electrons. The van der Waals surface area contributed by atoms with Crippen LogP contribution in [0.2, 0.25) is 0 Å². The van der Waals surface area contributed by atoms with Crippen molar-refractivity contribution in [3.05, 3.63) is 59.9 Å². The number of aliphatic imine (C=N–C) groups is 1. The maximum Gasteiger partial charge on any atom is 0.243 e. The fraction of sp³-hybridized carbons (Fsp3) is 0.364. The Morgan fingerprint density at radius 2 is 1.94 bits per heavy atom. The van der Waals surface area contributed by atoms with Gasteiger partial charge in [0.25, 0.3) is 0 Å². The number of ether oxygens (including phenoxy) is 1. The fourth-order valence-electron chi connectivity index (χ4n) is 2.54. The molecule has 0 fully saturated rings. The molecule has 0 aliphatic heterocycles. The summed E-state index contributed by atoms with van der Waals surface area (Å²) in [6.07, 6.45) is 0. The Labute approximate surface area is 205 Å². The van der Waals surface area contributed by atoms with Gasteiger partial charge in [-0.3, -0.25) is 4.79 Å². The van der Waals surface area contributed by atoms with E-state index in [2.05, 4.69) is 27.8 Å². The molecule has 2 aromatic rings. The number of nitrogens with zero attached hydrogens (tertiary/aromatic N) is 2. The maximum atomic E-state index is 14.0. The highest BCUT2D eigenvalue weighted by Gasteiger charge is 2.12. The number of methoxy groups -OCH3 is 1. The van der Waals surface area contributed by atoms with Gasteiger partial charge >= 0.3 is 0 Å². The standard InChI is InChI=1S/C22H29FN4O2S.HI/c1-16(17-10-11-20(29-4)19(23)14-17)26-22(25-15-21(28)27(2)3)24-12-13-30-18-8-6-5-7-9-18;/h5-11,14,16H,12-13,15H2,1-4H3,(H2,24,25,26);1H. The minimum absolute atomic E-state index is 0. The van der Waals surface area contributed by atoms with Crippen molar-refractivity contribution in [3.8, 4) is 5.75 Å². The molecule has 0 heterocycles. The molecule has 0 spiro atoms. The van der Waals surface area contributed by atoms with Crippen molar-refractivity contribution in [2.75, 3.05) is 40.0 Å². The van der Waals surface area contributed by atoms with Crippen LogP contribution in [0, 0.1) is 5.82 Å². The molecule has 1 amide bonds. The zero-order valence-corrected chi connectivity index (χ0v) is 21.4. The number of carbonyl (C=O) groups is 1. The van der Waals surface area contributed by atoms with E-state index in [1.54, 1.807) is 38.0 Å². The first-order valence-electron chi connectivity index (χ1n) is 9.67. The monoisotopic (exact) mass is 560 g/mol. The number of guanidine groups is 1. The van der Waals surface area contributed by atoms with Crippen LogP contribution < -0.4 is 15.4 Å². The lowest BCUT2D eigenvalue weighted by atomic mass is 10.1. The van der Waals surface area contributed by atoms with Gasteiger partial charge < -0.3 is 20.3 Å². The van der Waals surface area contributed by atoms with Gasteiger partial charge in [-0.25, -0.2) is 9.38 Å². The third-order valence-corrected chi connectivity index (χ3v) is 5.32. The largest absolute Gasteiger partial charge is 0.494 e. The maximum absolute atomic E-state index is 14.0. The molecular formula is C22H30FIN4O2S. The second kappa shape index (κ2) is 14.1. The van der Waals surface area contributed by atoms with E-state index in [0.29, 0.717) is 12.5 Å². The summed E-state index contributed by atoms with van der Waals surface area (Å²) in [6.45, 7) is 2.59. The normalized spacial score (nSPS) is 11.8. The number of amides is 1. The molecule has 2 aromatic carbocycles. The van der Waals surface area contributed by atoms with Gasteiger partial charge in [0, 0.05) is 31.3 Å². The van der Waals surface area contributed by atoms with E-state index in [0.717, 1.165) is 11.3 Å². The van der Waals surface area contributed by atoms with Crippen LogP contribution in [0.25, 0.3) is 0 Å². The summed E-state index contributed by atoms with van der Waals surface area (Å²) >= 11 is 1.73. The number of thioether (sulfide) groups is 1. The summed E-state index contributed by atoms with van der Waals surface area (Å²) in [5, 5.41) is 6.49.